The third-order valence-electron chi connectivity index (χ3n) is 3.53. The molecule has 0 aliphatic heterocycles. The van der Waals surface area contributed by atoms with Gasteiger partial charge in [-0.3, -0.25) is 4.79 Å². The van der Waals surface area contributed by atoms with Gasteiger partial charge in [0.25, 0.3) is 0 Å². The molecule has 0 radical (unpaired) electrons. The summed E-state index contributed by atoms with van der Waals surface area (Å²) in [4.78, 5) is 16.3. The first-order chi connectivity index (χ1) is 10.5. The molecule has 116 valence electrons. The lowest BCUT2D eigenvalue weighted by Gasteiger charge is -2.14. The zero-order chi connectivity index (χ0) is 16.1. The van der Waals surface area contributed by atoms with Gasteiger partial charge in [0.05, 0.1) is 11.6 Å². The summed E-state index contributed by atoms with van der Waals surface area (Å²) < 4.78 is 0. The molecule has 4 heteroatoms. The molecule has 2 aromatic rings. The van der Waals surface area contributed by atoms with Gasteiger partial charge in [-0.25, -0.2) is 4.98 Å². The number of pyridine rings is 1. The third-order valence-corrected chi connectivity index (χ3v) is 3.84. The van der Waals surface area contributed by atoms with Crippen LogP contribution >= 0.6 is 11.6 Å². The Balaban J connectivity index is 2.05. The summed E-state index contributed by atoms with van der Waals surface area (Å²) in [6.45, 7) is 6.28. The van der Waals surface area contributed by atoms with E-state index in [0.29, 0.717) is 16.8 Å². The molecular weight excluding hydrogens is 296 g/mol. The van der Waals surface area contributed by atoms with Gasteiger partial charge in [-0.1, -0.05) is 49.7 Å². The first-order valence-corrected chi connectivity index (χ1v) is 7.85. The second kappa shape index (κ2) is 7.41. The lowest BCUT2D eigenvalue weighted by molar-refractivity contribution is -0.117. The van der Waals surface area contributed by atoms with Crippen molar-refractivity contribution in [2.75, 3.05) is 5.32 Å². The number of hydrogen-bond acceptors (Lipinski definition) is 2. The molecule has 0 spiro atoms. The molecule has 0 saturated carbocycles. The number of benzene rings is 1. The van der Waals surface area contributed by atoms with E-state index < -0.39 is 0 Å². The fourth-order valence-corrected chi connectivity index (χ4v) is 2.45. The zero-order valence-electron chi connectivity index (χ0n) is 13.1. The highest BCUT2D eigenvalue weighted by molar-refractivity contribution is 6.32. The Morgan fingerprint density at radius 3 is 2.45 bits per heavy atom. The molecule has 0 aliphatic rings. The minimum atomic E-state index is -0.246. The van der Waals surface area contributed by atoms with Crippen molar-refractivity contribution in [2.24, 2.45) is 5.92 Å². The normalized spacial score (nSPS) is 12.2. The van der Waals surface area contributed by atoms with Crippen LogP contribution in [0.2, 0.25) is 5.15 Å². The summed E-state index contributed by atoms with van der Waals surface area (Å²) in [6, 6.07) is 11.7. The van der Waals surface area contributed by atoms with E-state index in [2.05, 4.69) is 36.3 Å². The van der Waals surface area contributed by atoms with Crippen molar-refractivity contribution in [2.45, 2.75) is 33.1 Å². The smallest absolute Gasteiger partial charge is 0.231 e. The predicted molar refractivity (Wildman–Crippen MR) is 91.3 cm³/mol. The van der Waals surface area contributed by atoms with Crippen molar-refractivity contribution in [3.8, 4) is 0 Å². The molecule has 1 aromatic carbocycles. The Bertz CT molecular complexity index is 638. The SMILES string of the molecule is CC(C)Cc1ccc(C(C)C(=O)Nc2cccnc2Cl)cc1. The third kappa shape index (κ3) is 4.31. The van der Waals surface area contributed by atoms with Crippen LogP contribution in [0.15, 0.2) is 42.6 Å². The second-order valence-corrected chi connectivity index (χ2v) is 6.25. The molecule has 1 unspecified atom stereocenters. The summed E-state index contributed by atoms with van der Waals surface area (Å²) in [6.07, 6.45) is 2.64. The van der Waals surface area contributed by atoms with Gasteiger partial charge in [0.2, 0.25) is 5.91 Å². The van der Waals surface area contributed by atoms with Crippen molar-refractivity contribution in [1.29, 1.82) is 0 Å². The number of hydrogen-bond donors (Lipinski definition) is 1. The Labute approximate surface area is 136 Å². The Kier molecular flexibility index (Phi) is 5.56. The number of nitrogens with one attached hydrogen (secondary N) is 1. The minimum absolute atomic E-state index is 0.0912. The molecule has 0 saturated heterocycles. The number of carbonyl (C=O) groups excluding carboxylic acids is 1. The highest BCUT2D eigenvalue weighted by Gasteiger charge is 2.16. The van der Waals surface area contributed by atoms with Crippen LogP contribution in [0.25, 0.3) is 0 Å². The van der Waals surface area contributed by atoms with Crippen molar-refractivity contribution in [3.63, 3.8) is 0 Å². The van der Waals surface area contributed by atoms with Crippen molar-refractivity contribution >= 4 is 23.2 Å². The first-order valence-electron chi connectivity index (χ1n) is 7.47. The highest BCUT2D eigenvalue weighted by atomic mass is 35.5. The molecule has 3 nitrogen and oxygen atoms in total. The largest absolute Gasteiger partial charge is 0.323 e. The fraction of sp³-hybridized carbons (Fsp3) is 0.333. The van der Waals surface area contributed by atoms with E-state index in [9.17, 15) is 4.79 Å². The molecule has 22 heavy (non-hydrogen) atoms. The van der Waals surface area contributed by atoms with Crippen LogP contribution in [-0.2, 0) is 11.2 Å². The van der Waals surface area contributed by atoms with E-state index in [-0.39, 0.29) is 11.8 Å². The molecule has 0 aliphatic carbocycles. The predicted octanol–water partition coefficient (Wildman–Crippen LogP) is 4.68. The van der Waals surface area contributed by atoms with E-state index in [1.165, 1.54) is 5.56 Å². The average molecular weight is 317 g/mol. The summed E-state index contributed by atoms with van der Waals surface area (Å²) in [5, 5.41) is 3.12. The quantitative estimate of drug-likeness (QED) is 0.814. The molecule has 1 aromatic heterocycles. The number of anilines is 1. The van der Waals surface area contributed by atoms with Crippen molar-refractivity contribution < 1.29 is 4.79 Å². The molecule has 2 rings (SSSR count). The van der Waals surface area contributed by atoms with Gasteiger partial charge in [0, 0.05) is 6.20 Å². The summed E-state index contributed by atoms with van der Waals surface area (Å²) in [5.74, 6) is 0.287. The van der Waals surface area contributed by atoms with Gasteiger partial charge >= 0.3 is 0 Å². The van der Waals surface area contributed by atoms with Crippen molar-refractivity contribution in [1.82, 2.24) is 4.98 Å². The molecule has 1 heterocycles. The standard InChI is InChI=1S/C18H21ClN2O/c1-12(2)11-14-6-8-15(9-7-14)13(3)18(22)21-16-5-4-10-20-17(16)19/h4-10,12-13H,11H2,1-3H3,(H,21,22). The number of carbonyl (C=O) groups is 1. The van der Waals surface area contributed by atoms with Crippen LogP contribution in [0.1, 0.15) is 37.8 Å². The fourth-order valence-electron chi connectivity index (χ4n) is 2.29. The lowest BCUT2D eigenvalue weighted by atomic mass is 9.96. The van der Waals surface area contributed by atoms with Crippen LogP contribution in [0.5, 0.6) is 0 Å². The topological polar surface area (TPSA) is 42.0 Å². The molecule has 0 bridgehead atoms. The van der Waals surface area contributed by atoms with E-state index in [1.807, 2.05) is 19.1 Å². The second-order valence-electron chi connectivity index (χ2n) is 5.89. The average Bonchev–Trinajstić information content (AvgIpc) is 2.49. The van der Waals surface area contributed by atoms with Crippen LogP contribution < -0.4 is 5.32 Å². The first kappa shape index (κ1) is 16.5. The summed E-state index contributed by atoms with van der Waals surface area (Å²) >= 11 is 5.96. The van der Waals surface area contributed by atoms with Gasteiger partial charge in [0.15, 0.2) is 5.15 Å². The maximum absolute atomic E-state index is 12.3. The minimum Gasteiger partial charge on any atom is -0.323 e. The Hall–Kier alpha value is -1.87. The van der Waals surface area contributed by atoms with E-state index >= 15 is 0 Å². The monoisotopic (exact) mass is 316 g/mol. The summed E-state index contributed by atoms with van der Waals surface area (Å²) in [7, 11) is 0. The zero-order valence-corrected chi connectivity index (χ0v) is 13.9. The van der Waals surface area contributed by atoms with Crippen molar-refractivity contribution in [3.05, 3.63) is 58.9 Å². The highest BCUT2D eigenvalue weighted by Crippen LogP contribution is 2.22. The number of rotatable bonds is 5. The number of aromatic nitrogens is 1. The number of halogens is 1. The molecule has 1 amide bonds. The van der Waals surface area contributed by atoms with E-state index in [1.54, 1.807) is 18.3 Å². The molecule has 0 fully saturated rings. The van der Waals surface area contributed by atoms with Gasteiger partial charge in [-0.15, -0.1) is 0 Å². The number of amides is 1. The van der Waals surface area contributed by atoms with Gasteiger partial charge in [-0.05, 0) is 42.5 Å². The Morgan fingerprint density at radius 1 is 1.18 bits per heavy atom. The van der Waals surface area contributed by atoms with E-state index in [4.69, 9.17) is 11.6 Å². The van der Waals surface area contributed by atoms with Gasteiger partial charge in [-0.2, -0.15) is 0 Å². The molecule has 1 atom stereocenters. The van der Waals surface area contributed by atoms with Crippen LogP contribution in [0.3, 0.4) is 0 Å². The van der Waals surface area contributed by atoms with Gasteiger partial charge < -0.3 is 5.32 Å². The Morgan fingerprint density at radius 2 is 1.86 bits per heavy atom. The van der Waals surface area contributed by atoms with Gasteiger partial charge in [0.1, 0.15) is 0 Å². The molecule has 1 N–H and O–H groups in total. The number of nitrogens with zero attached hydrogens (tertiary/aromatic N) is 1. The van der Waals surface area contributed by atoms with Crippen LogP contribution in [-0.4, -0.2) is 10.9 Å². The maximum atomic E-state index is 12.3. The van der Waals surface area contributed by atoms with Crippen LogP contribution in [0.4, 0.5) is 5.69 Å². The van der Waals surface area contributed by atoms with Crippen LogP contribution in [0, 0.1) is 5.92 Å². The molecular formula is C18H21ClN2O. The maximum Gasteiger partial charge on any atom is 0.231 e. The summed E-state index contributed by atoms with van der Waals surface area (Å²) in [5.41, 5.74) is 2.82. The van der Waals surface area contributed by atoms with E-state index in [0.717, 1.165) is 12.0 Å². The lowest BCUT2D eigenvalue weighted by Crippen LogP contribution is -2.19.